The molecule has 2 heterocycles. The second-order valence-corrected chi connectivity index (χ2v) is 6.65. The molecule has 2 aliphatic rings. The number of rotatable bonds is 4. The number of carbonyl (C=O) groups excluding carboxylic acids is 3. The van der Waals surface area contributed by atoms with E-state index in [0.717, 1.165) is 12.8 Å². The van der Waals surface area contributed by atoms with Crippen LogP contribution in [0, 0.1) is 11.7 Å². The molecule has 0 aromatic heterocycles. The molecule has 0 bridgehead atoms. The van der Waals surface area contributed by atoms with Crippen LogP contribution in [0.1, 0.15) is 32.6 Å². The largest absolute Gasteiger partial charge is 0.464 e. The Hall–Kier alpha value is -2.44. The second-order valence-electron chi connectivity index (χ2n) is 6.65. The lowest BCUT2D eigenvalue weighted by molar-refractivity contribution is -0.158. The van der Waals surface area contributed by atoms with E-state index in [2.05, 4.69) is 0 Å². The molecular formula is C19H23FN2O4. The number of hydrogen-bond donors (Lipinski definition) is 0. The molecule has 7 heteroatoms. The predicted octanol–water partition coefficient (Wildman–Crippen LogP) is 2.12. The molecular weight excluding hydrogens is 339 g/mol. The van der Waals surface area contributed by atoms with Crippen molar-refractivity contribution in [3.8, 4) is 0 Å². The fourth-order valence-electron chi connectivity index (χ4n) is 3.69. The van der Waals surface area contributed by atoms with E-state index in [1.807, 2.05) is 0 Å². The third-order valence-corrected chi connectivity index (χ3v) is 4.96. The number of nitrogens with zero attached hydrogens (tertiary/aromatic N) is 2. The highest BCUT2D eigenvalue weighted by Gasteiger charge is 2.42. The van der Waals surface area contributed by atoms with Crippen LogP contribution in [0.3, 0.4) is 0 Å². The fraction of sp³-hybridized carbons (Fsp3) is 0.526. The molecule has 3 rings (SSSR count). The van der Waals surface area contributed by atoms with E-state index in [9.17, 15) is 18.8 Å². The molecule has 0 radical (unpaired) electrons. The Morgan fingerprint density at radius 2 is 2.04 bits per heavy atom. The van der Waals surface area contributed by atoms with Gasteiger partial charge in [-0.2, -0.15) is 0 Å². The first kappa shape index (κ1) is 18.4. The summed E-state index contributed by atoms with van der Waals surface area (Å²) in [5.74, 6) is -1.96. The molecule has 26 heavy (non-hydrogen) atoms. The lowest BCUT2D eigenvalue weighted by atomic mass is 9.98. The maximum Gasteiger partial charge on any atom is 0.328 e. The van der Waals surface area contributed by atoms with Gasteiger partial charge in [-0.05, 0) is 38.3 Å². The highest BCUT2D eigenvalue weighted by molar-refractivity contribution is 6.01. The molecule has 1 aromatic rings. The fourth-order valence-corrected chi connectivity index (χ4v) is 3.69. The molecule has 140 valence electrons. The van der Waals surface area contributed by atoms with Crippen LogP contribution in [0.15, 0.2) is 24.3 Å². The van der Waals surface area contributed by atoms with Gasteiger partial charge in [-0.3, -0.25) is 9.59 Å². The van der Waals surface area contributed by atoms with Crippen molar-refractivity contribution < 1.29 is 23.5 Å². The molecule has 6 nitrogen and oxygen atoms in total. The number of ether oxygens (including phenoxy) is 1. The molecule has 2 amide bonds. The zero-order chi connectivity index (χ0) is 18.7. The Morgan fingerprint density at radius 3 is 2.77 bits per heavy atom. The lowest BCUT2D eigenvalue weighted by Crippen LogP contribution is -2.51. The van der Waals surface area contributed by atoms with Crippen molar-refractivity contribution in [2.24, 2.45) is 5.92 Å². The van der Waals surface area contributed by atoms with E-state index in [-0.39, 0.29) is 37.1 Å². The quantitative estimate of drug-likeness (QED) is 0.770. The molecule has 1 aromatic carbocycles. The van der Waals surface area contributed by atoms with Crippen LogP contribution in [0.4, 0.5) is 10.1 Å². The van der Waals surface area contributed by atoms with E-state index >= 15 is 0 Å². The first-order valence-corrected chi connectivity index (χ1v) is 9.05. The van der Waals surface area contributed by atoms with Crippen molar-refractivity contribution in [1.82, 2.24) is 4.90 Å². The Bertz CT molecular complexity index is 709. The number of amides is 2. The van der Waals surface area contributed by atoms with Crippen LogP contribution in [-0.2, 0) is 19.1 Å². The van der Waals surface area contributed by atoms with Crippen LogP contribution < -0.4 is 4.90 Å². The summed E-state index contributed by atoms with van der Waals surface area (Å²) in [4.78, 5) is 40.4. The Balaban J connectivity index is 1.74. The maximum absolute atomic E-state index is 14.0. The topological polar surface area (TPSA) is 66.9 Å². The van der Waals surface area contributed by atoms with E-state index < -0.39 is 23.7 Å². The van der Waals surface area contributed by atoms with Crippen LogP contribution >= 0.6 is 0 Å². The molecule has 0 N–H and O–H groups in total. The van der Waals surface area contributed by atoms with Gasteiger partial charge in [0.15, 0.2) is 0 Å². The monoisotopic (exact) mass is 362 g/mol. The van der Waals surface area contributed by atoms with Gasteiger partial charge in [0.25, 0.3) is 0 Å². The van der Waals surface area contributed by atoms with Crippen LogP contribution in [0.5, 0.6) is 0 Å². The summed E-state index contributed by atoms with van der Waals surface area (Å²) in [6.45, 7) is 2.60. The molecule has 0 aliphatic carbocycles. The highest BCUT2D eigenvalue weighted by Crippen LogP contribution is 2.30. The highest BCUT2D eigenvalue weighted by atomic mass is 19.1. The minimum Gasteiger partial charge on any atom is -0.464 e. The summed E-state index contributed by atoms with van der Waals surface area (Å²) >= 11 is 0. The second kappa shape index (κ2) is 7.85. The Labute approximate surface area is 151 Å². The standard InChI is InChI=1S/C19H23FN2O4/c1-2-26-19(25)16-9-5-6-10-21(16)18(24)13-11-17(23)22(12-13)15-8-4-3-7-14(15)20/h3-4,7-8,13,16H,2,5-6,9-12H2,1H3. The number of halogens is 1. The van der Waals surface area contributed by atoms with E-state index in [4.69, 9.17) is 4.74 Å². The van der Waals surface area contributed by atoms with Gasteiger partial charge in [-0.15, -0.1) is 0 Å². The van der Waals surface area contributed by atoms with Crippen molar-refractivity contribution >= 4 is 23.5 Å². The van der Waals surface area contributed by atoms with Gasteiger partial charge in [0.2, 0.25) is 11.8 Å². The summed E-state index contributed by atoms with van der Waals surface area (Å²) in [7, 11) is 0. The molecule has 2 aliphatic heterocycles. The summed E-state index contributed by atoms with van der Waals surface area (Å²) in [5, 5.41) is 0. The van der Waals surface area contributed by atoms with Gasteiger partial charge in [0.1, 0.15) is 11.9 Å². The zero-order valence-electron chi connectivity index (χ0n) is 14.8. The van der Waals surface area contributed by atoms with Crippen LogP contribution in [0.25, 0.3) is 0 Å². The van der Waals surface area contributed by atoms with E-state index in [0.29, 0.717) is 13.0 Å². The number of likely N-dealkylation sites (tertiary alicyclic amines) is 1. The summed E-state index contributed by atoms with van der Waals surface area (Å²) in [5.41, 5.74) is 0.188. The van der Waals surface area contributed by atoms with Crippen molar-refractivity contribution in [3.05, 3.63) is 30.1 Å². The number of esters is 1. The van der Waals surface area contributed by atoms with Gasteiger partial charge >= 0.3 is 5.97 Å². The van der Waals surface area contributed by atoms with Gasteiger partial charge in [0.05, 0.1) is 18.2 Å². The number of benzene rings is 1. The number of hydrogen-bond acceptors (Lipinski definition) is 4. The average Bonchev–Trinajstić information content (AvgIpc) is 3.03. The maximum atomic E-state index is 14.0. The third-order valence-electron chi connectivity index (χ3n) is 4.96. The number of carbonyl (C=O) groups is 3. The van der Waals surface area contributed by atoms with Gasteiger partial charge < -0.3 is 14.5 Å². The first-order chi connectivity index (χ1) is 12.5. The smallest absolute Gasteiger partial charge is 0.328 e. The van der Waals surface area contributed by atoms with Crippen molar-refractivity contribution in [1.29, 1.82) is 0 Å². The van der Waals surface area contributed by atoms with Gasteiger partial charge in [0, 0.05) is 19.5 Å². The number of anilines is 1. The lowest BCUT2D eigenvalue weighted by Gasteiger charge is -2.35. The normalized spacial score (nSPS) is 23.2. The summed E-state index contributed by atoms with van der Waals surface area (Å²) in [6.07, 6.45) is 2.28. The average molecular weight is 362 g/mol. The van der Waals surface area contributed by atoms with Crippen LogP contribution in [0.2, 0.25) is 0 Å². The van der Waals surface area contributed by atoms with E-state index in [1.165, 1.54) is 17.0 Å². The predicted molar refractivity (Wildman–Crippen MR) is 92.8 cm³/mol. The molecule has 2 atom stereocenters. The van der Waals surface area contributed by atoms with Gasteiger partial charge in [-0.1, -0.05) is 12.1 Å². The molecule has 2 fully saturated rings. The zero-order valence-corrected chi connectivity index (χ0v) is 14.8. The molecule has 0 spiro atoms. The van der Waals surface area contributed by atoms with Gasteiger partial charge in [-0.25, -0.2) is 9.18 Å². The third kappa shape index (κ3) is 3.57. The molecule has 0 saturated carbocycles. The van der Waals surface area contributed by atoms with Crippen molar-refractivity contribution in [2.45, 2.75) is 38.6 Å². The molecule has 2 unspecified atom stereocenters. The van der Waals surface area contributed by atoms with Crippen molar-refractivity contribution in [3.63, 3.8) is 0 Å². The first-order valence-electron chi connectivity index (χ1n) is 9.05. The minimum absolute atomic E-state index is 0.0270. The minimum atomic E-state index is -0.589. The van der Waals surface area contributed by atoms with Crippen molar-refractivity contribution in [2.75, 3.05) is 24.6 Å². The SMILES string of the molecule is CCOC(=O)C1CCCCN1C(=O)C1CC(=O)N(c2ccccc2F)C1. The number of piperidine rings is 1. The molecule has 2 saturated heterocycles. The summed E-state index contributed by atoms with van der Waals surface area (Å²) in [6, 6.07) is 5.44. The summed E-state index contributed by atoms with van der Waals surface area (Å²) < 4.78 is 19.1. The number of para-hydroxylation sites is 1. The van der Waals surface area contributed by atoms with E-state index in [1.54, 1.807) is 24.0 Å². The Morgan fingerprint density at radius 1 is 1.27 bits per heavy atom. The Kier molecular flexibility index (Phi) is 5.54. The van der Waals surface area contributed by atoms with Crippen LogP contribution in [-0.4, -0.2) is 48.4 Å².